The zero-order chi connectivity index (χ0) is 23.0. The number of nitrogens with zero attached hydrogens (tertiary/aromatic N) is 4. The predicted molar refractivity (Wildman–Crippen MR) is 125 cm³/mol. The van der Waals surface area contributed by atoms with Crippen molar-refractivity contribution in [2.75, 3.05) is 13.2 Å². The summed E-state index contributed by atoms with van der Waals surface area (Å²) >= 11 is 0. The van der Waals surface area contributed by atoms with Crippen LogP contribution < -0.4 is 0 Å². The number of rotatable bonds is 8. The van der Waals surface area contributed by atoms with Crippen LogP contribution in [0.3, 0.4) is 0 Å². The number of para-hydroxylation sites is 1. The predicted octanol–water partition coefficient (Wildman–Crippen LogP) is 4.14. The van der Waals surface area contributed by atoms with E-state index in [4.69, 9.17) is 4.74 Å². The van der Waals surface area contributed by atoms with Gasteiger partial charge in [0.1, 0.15) is 12.2 Å². The number of aromatic nitrogens is 3. The lowest BCUT2D eigenvalue weighted by Crippen LogP contribution is -2.36. The Bertz CT molecular complexity index is 1210. The monoisotopic (exact) mass is 440 g/mol. The molecular weight excluding hydrogens is 416 g/mol. The van der Waals surface area contributed by atoms with Crippen LogP contribution in [0.1, 0.15) is 23.0 Å². The normalized spacial score (nSPS) is 10.6. The van der Waals surface area contributed by atoms with Crippen molar-refractivity contribution in [3.05, 3.63) is 102 Å². The average molecular weight is 441 g/mol. The largest absolute Gasteiger partial charge is 0.465 e. The van der Waals surface area contributed by atoms with Gasteiger partial charge in [0.15, 0.2) is 5.69 Å². The van der Waals surface area contributed by atoms with E-state index in [0.717, 1.165) is 16.8 Å². The molecule has 0 aliphatic carbocycles. The van der Waals surface area contributed by atoms with E-state index in [9.17, 15) is 9.59 Å². The van der Waals surface area contributed by atoms with Gasteiger partial charge in [-0.05, 0) is 24.6 Å². The van der Waals surface area contributed by atoms with Gasteiger partial charge in [-0.25, -0.2) is 4.68 Å². The van der Waals surface area contributed by atoms with Crippen LogP contribution in [0.2, 0.25) is 0 Å². The van der Waals surface area contributed by atoms with E-state index in [1.165, 1.54) is 4.90 Å². The van der Waals surface area contributed by atoms with Crippen molar-refractivity contribution in [3.63, 3.8) is 0 Å². The summed E-state index contributed by atoms with van der Waals surface area (Å²) in [6.07, 6.45) is 0. The molecule has 4 aromatic rings. The van der Waals surface area contributed by atoms with Gasteiger partial charge in [0.2, 0.25) is 0 Å². The lowest BCUT2D eigenvalue weighted by Gasteiger charge is -2.21. The Morgan fingerprint density at radius 1 is 0.879 bits per heavy atom. The molecule has 0 saturated carbocycles. The first-order chi connectivity index (χ1) is 16.2. The number of carbonyl (C=O) groups excluding carboxylic acids is 2. The maximum atomic E-state index is 13.7. The maximum absolute atomic E-state index is 13.7. The first-order valence-corrected chi connectivity index (χ1v) is 10.7. The Hall–Kier alpha value is -4.26. The van der Waals surface area contributed by atoms with Crippen molar-refractivity contribution in [1.29, 1.82) is 0 Å². The molecule has 1 aromatic heterocycles. The minimum absolute atomic E-state index is 0.172. The Balaban J connectivity index is 1.77. The third kappa shape index (κ3) is 5.15. The quantitative estimate of drug-likeness (QED) is 0.385. The summed E-state index contributed by atoms with van der Waals surface area (Å²) < 4.78 is 6.76. The van der Waals surface area contributed by atoms with E-state index < -0.39 is 11.9 Å². The molecule has 0 fully saturated rings. The molecule has 0 atom stereocenters. The highest BCUT2D eigenvalue weighted by molar-refractivity contribution is 5.99. The van der Waals surface area contributed by atoms with E-state index in [1.807, 2.05) is 91.0 Å². The molecule has 1 amide bonds. The second-order valence-corrected chi connectivity index (χ2v) is 7.35. The van der Waals surface area contributed by atoms with Crippen molar-refractivity contribution in [2.45, 2.75) is 13.5 Å². The SMILES string of the molecule is CCOC(=O)CN(Cc1ccccc1)C(=O)c1nnn(-c2ccccc2)c1-c1ccccc1. The molecular formula is C26H24N4O3. The zero-order valence-electron chi connectivity index (χ0n) is 18.3. The average Bonchev–Trinajstić information content (AvgIpc) is 3.30. The molecule has 166 valence electrons. The molecule has 0 saturated heterocycles. The van der Waals surface area contributed by atoms with Crippen molar-refractivity contribution in [2.24, 2.45) is 0 Å². The van der Waals surface area contributed by atoms with Gasteiger partial charge in [0.25, 0.3) is 5.91 Å². The van der Waals surface area contributed by atoms with E-state index >= 15 is 0 Å². The summed E-state index contributed by atoms with van der Waals surface area (Å²) in [7, 11) is 0. The first-order valence-electron chi connectivity index (χ1n) is 10.7. The lowest BCUT2D eigenvalue weighted by molar-refractivity contribution is -0.143. The van der Waals surface area contributed by atoms with Crippen LogP contribution in [0.25, 0.3) is 16.9 Å². The van der Waals surface area contributed by atoms with Crippen molar-refractivity contribution >= 4 is 11.9 Å². The smallest absolute Gasteiger partial charge is 0.325 e. The molecule has 0 spiro atoms. The van der Waals surface area contributed by atoms with Crippen LogP contribution in [0.5, 0.6) is 0 Å². The van der Waals surface area contributed by atoms with E-state index in [1.54, 1.807) is 11.6 Å². The molecule has 4 rings (SSSR count). The molecule has 1 heterocycles. The number of carbonyl (C=O) groups is 2. The Labute approximate surface area is 192 Å². The molecule has 33 heavy (non-hydrogen) atoms. The van der Waals surface area contributed by atoms with Crippen molar-refractivity contribution < 1.29 is 14.3 Å². The number of hydrogen-bond acceptors (Lipinski definition) is 5. The van der Waals surface area contributed by atoms with Crippen LogP contribution in [0.15, 0.2) is 91.0 Å². The second kappa shape index (κ2) is 10.4. The second-order valence-electron chi connectivity index (χ2n) is 7.35. The lowest BCUT2D eigenvalue weighted by atomic mass is 10.1. The molecule has 3 aromatic carbocycles. The number of esters is 1. The Morgan fingerprint density at radius 2 is 1.48 bits per heavy atom. The van der Waals surface area contributed by atoms with Crippen molar-refractivity contribution in [3.8, 4) is 16.9 Å². The highest BCUT2D eigenvalue weighted by Gasteiger charge is 2.28. The fraction of sp³-hybridized carbons (Fsp3) is 0.154. The minimum atomic E-state index is -0.474. The highest BCUT2D eigenvalue weighted by atomic mass is 16.5. The molecule has 0 aliphatic rings. The number of benzene rings is 3. The summed E-state index contributed by atoms with van der Waals surface area (Å²) in [4.78, 5) is 27.5. The third-order valence-electron chi connectivity index (χ3n) is 5.05. The van der Waals surface area contributed by atoms with Crippen LogP contribution in [0.4, 0.5) is 0 Å². The molecule has 0 N–H and O–H groups in total. The summed E-state index contributed by atoms with van der Waals surface area (Å²) in [6, 6.07) is 28.5. The molecule has 0 aliphatic heterocycles. The van der Waals surface area contributed by atoms with Gasteiger partial charge in [-0.3, -0.25) is 9.59 Å². The highest BCUT2D eigenvalue weighted by Crippen LogP contribution is 2.26. The summed E-state index contributed by atoms with van der Waals surface area (Å²) in [5.74, 6) is -0.869. The molecule has 0 radical (unpaired) electrons. The van der Waals surface area contributed by atoms with Crippen molar-refractivity contribution in [1.82, 2.24) is 19.9 Å². The number of ether oxygens (including phenoxy) is 1. The van der Waals surface area contributed by atoms with Gasteiger partial charge >= 0.3 is 5.97 Å². The van der Waals surface area contributed by atoms with Crippen LogP contribution >= 0.6 is 0 Å². The van der Waals surface area contributed by atoms with Gasteiger partial charge in [-0.2, -0.15) is 0 Å². The Morgan fingerprint density at radius 3 is 2.12 bits per heavy atom. The molecule has 0 bridgehead atoms. The fourth-order valence-electron chi connectivity index (χ4n) is 3.55. The Kier molecular flexibility index (Phi) is 6.90. The molecule has 7 heteroatoms. The molecule has 7 nitrogen and oxygen atoms in total. The summed E-state index contributed by atoms with van der Waals surface area (Å²) in [6.45, 7) is 2.03. The van der Waals surface area contributed by atoms with Gasteiger partial charge in [0, 0.05) is 12.1 Å². The van der Waals surface area contributed by atoms with Gasteiger partial charge in [-0.15, -0.1) is 5.10 Å². The van der Waals surface area contributed by atoms with Crippen LogP contribution in [0, 0.1) is 0 Å². The maximum Gasteiger partial charge on any atom is 0.325 e. The van der Waals surface area contributed by atoms with Crippen LogP contribution in [-0.2, 0) is 16.1 Å². The summed E-state index contributed by atoms with van der Waals surface area (Å²) in [5.41, 5.74) is 3.21. The summed E-state index contributed by atoms with van der Waals surface area (Å²) in [5, 5.41) is 8.55. The topological polar surface area (TPSA) is 77.3 Å². The van der Waals surface area contributed by atoms with E-state index in [-0.39, 0.29) is 25.4 Å². The third-order valence-corrected chi connectivity index (χ3v) is 5.05. The van der Waals surface area contributed by atoms with Crippen LogP contribution in [-0.4, -0.2) is 44.9 Å². The van der Waals surface area contributed by atoms with E-state index in [2.05, 4.69) is 10.3 Å². The number of amides is 1. The zero-order valence-corrected chi connectivity index (χ0v) is 18.3. The van der Waals surface area contributed by atoms with Gasteiger partial charge in [0.05, 0.1) is 12.3 Å². The molecule has 0 unspecified atom stereocenters. The van der Waals surface area contributed by atoms with Gasteiger partial charge < -0.3 is 9.64 Å². The fourth-order valence-corrected chi connectivity index (χ4v) is 3.55. The van der Waals surface area contributed by atoms with E-state index in [0.29, 0.717) is 5.69 Å². The number of hydrogen-bond donors (Lipinski definition) is 0. The first kappa shape index (κ1) is 22.0. The standard InChI is InChI=1S/C26H24N4O3/c1-2-33-23(31)19-29(18-20-12-6-3-7-13-20)26(32)24-25(21-14-8-4-9-15-21)30(28-27-24)22-16-10-5-11-17-22/h3-17H,2,18-19H2,1H3. The van der Waals surface area contributed by atoms with Gasteiger partial charge in [-0.1, -0.05) is 84.1 Å². The minimum Gasteiger partial charge on any atom is -0.465 e.